The molecule has 0 atom stereocenters. The largest absolute Gasteiger partial charge is 0.481 e. The molecule has 0 spiro atoms. The molecule has 0 saturated heterocycles. The minimum Gasteiger partial charge on any atom is -0.481 e. The molecule has 0 aliphatic carbocycles. The van der Waals surface area contributed by atoms with Crippen molar-refractivity contribution in [2.75, 3.05) is 0 Å². The Hall–Kier alpha value is -2.16. The lowest BCUT2D eigenvalue weighted by Crippen LogP contribution is -2.06. The molecule has 5 nitrogen and oxygen atoms in total. The topological polar surface area (TPSA) is 72.3 Å². The minimum absolute atomic E-state index is 0.142. The Kier molecular flexibility index (Phi) is 3.89. The summed E-state index contributed by atoms with van der Waals surface area (Å²) in [5.74, 6) is -1.97. The van der Waals surface area contributed by atoms with Gasteiger partial charge in [-0.1, -0.05) is 12.1 Å². The van der Waals surface area contributed by atoms with Gasteiger partial charge < -0.3 is 9.84 Å². The molecule has 2 aromatic rings. The molecule has 0 radical (unpaired) electrons. The van der Waals surface area contributed by atoms with Crippen LogP contribution < -0.4 is 4.74 Å². The summed E-state index contributed by atoms with van der Waals surface area (Å²) < 4.78 is 45.1. The highest BCUT2D eigenvalue weighted by molar-refractivity contribution is 7.07. The maximum atomic E-state index is 12.3. The van der Waals surface area contributed by atoms with Gasteiger partial charge in [-0.25, -0.2) is 0 Å². The minimum atomic E-state index is -4.61. The van der Waals surface area contributed by atoms with Crippen LogP contribution in [0.5, 0.6) is 10.9 Å². The van der Waals surface area contributed by atoms with Crippen molar-refractivity contribution in [1.82, 2.24) is 9.36 Å². The average molecular weight is 304 g/mol. The van der Waals surface area contributed by atoms with Crippen molar-refractivity contribution in [3.8, 4) is 10.9 Å². The molecule has 0 bridgehead atoms. The van der Waals surface area contributed by atoms with Crippen molar-refractivity contribution in [2.45, 2.75) is 12.6 Å². The Bertz CT molecular complexity index is 610. The monoisotopic (exact) mass is 304 g/mol. The van der Waals surface area contributed by atoms with E-state index in [9.17, 15) is 18.0 Å². The summed E-state index contributed by atoms with van der Waals surface area (Å²) in [4.78, 5) is 13.7. The second kappa shape index (κ2) is 5.45. The number of benzene rings is 1. The van der Waals surface area contributed by atoms with Crippen LogP contribution in [0.15, 0.2) is 24.3 Å². The first-order chi connectivity index (χ1) is 9.34. The van der Waals surface area contributed by atoms with Gasteiger partial charge in [0.2, 0.25) is 0 Å². The number of halogens is 3. The van der Waals surface area contributed by atoms with E-state index >= 15 is 0 Å². The molecule has 106 valence electrons. The van der Waals surface area contributed by atoms with E-state index in [1.54, 1.807) is 0 Å². The van der Waals surface area contributed by atoms with Gasteiger partial charge in [0.1, 0.15) is 5.75 Å². The highest BCUT2D eigenvalue weighted by Gasteiger charge is 2.36. The van der Waals surface area contributed by atoms with Gasteiger partial charge in [0.15, 0.2) is 0 Å². The SMILES string of the molecule is O=C(O)Cc1ccc(Oc2nc(C(F)(F)F)ns2)cc1. The number of carboxylic acid groups (broad SMARTS) is 1. The van der Waals surface area contributed by atoms with E-state index in [0.717, 1.165) is 0 Å². The standard InChI is InChI=1S/C11H7F3N2O3S/c12-11(13,14)9-15-10(20-16-9)19-7-3-1-6(2-4-7)5-8(17)18/h1-4H,5H2,(H,17,18). The fourth-order valence-electron chi connectivity index (χ4n) is 1.32. The van der Waals surface area contributed by atoms with Crippen molar-refractivity contribution < 1.29 is 27.8 Å². The summed E-state index contributed by atoms with van der Waals surface area (Å²) in [6.07, 6.45) is -4.75. The number of carbonyl (C=O) groups is 1. The molecule has 20 heavy (non-hydrogen) atoms. The predicted octanol–water partition coefficient (Wildman–Crippen LogP) is 2.98. The summed E-state index contributed by atoms with van der Waals surface area (Å²) in [7, 11) is 0. The van der Waals surface area contributed by atoms with Crippen LogP contribution in [0.1, 0.15) is 11.4 Å². The first-order valence-corrected chi connectivity index (χ1v) is 6.01. The van der Waals surface area contributed by atoms with Crippen LogP contribution in [0, 0.1) is 0 Å². The molecule has 0 unspecified atom stereocenters. The molecule has 2 rings (SSSR count). The normalized spacial score (nSPS) is 11.3. The van der Waals surface area contributed by atoms with E-state index < -0.39 is 18.0 Å². The van der Waals surface area contributed by atoms with Crippen LogP contribution in [0.3, 0.4) is 0 Å². The van der Waals surface area contributed by atoms with E-state index in [2.05, 4.69) is 9.36 Å². The molecule has 1 aromatic carbocycles. The Morgan fingerprint density at radius 3 is 2.45 bits per heavy atom. The molecule has 1 aromatic heterocycles. The van der Waals surface area contributed by atoms with Crippen molar-refractivity contribution >= 4 is 17.5 Å². The third-order valence-corrected chi connectivity index (χ3v) is 2.74. The Balaban J connectivity index is 2.06. The number of carboxylic acids is 1. The van der Waals surface area contributed by atoms with Crippen LogP contribution in [0.4, 0.5) is 13.2 Å². The lowest BCUT2D eigenvalue weighted by Gasteiger charge is -2.02. The van der Waals surface area contributed by atoms with Gasteiger partial charge in [0.05, 0.1) is 6.42 Å². The second-order valence-corrected chi connectivity index (χ2v) is 4.41. The number of ether oxygens (including phenoxy) is 1. The van der Waals surface area contributed by atoms with Crippen LogP contribution >= 0.6 is 11.5 Å². The van der Waals surface area contributed by atoms with Gasteiger partial charge in [0, 0.05) is 11.5 Å². The summed E-state index contributed by atoms with van der Waals surface area (Å²) in [5.41, 5.74) is 0.554. The van der Waals surface area contributed by atoms with Crippen LogP contribution in [-0.2, 0) is 17.4 Å². The molecule has 9 heteroatoms. The third-order valence-electron chi connectivity index (χ3n) is 2.14. The van der Waals surface area contributed by atoms with E-state index in [-0.39, 0.29) is 17.4 Å². The number of rotatable bonds is 4. The zero-order valence-electron chi connectivity index (χ0n) is 9.72. The number of aromatic nitrogens is 2. The number of hydrogen-bond acceptors (Lipinski definition) is 5. The van der Waals surface area contributed by atoms with E-state index in [1.165, 1.54) is 24.3 Å². The van der Waals surface area contributed by atoms with Gasteiger partial charge in [-0.05, 0) is 17.7 Å². The number of aliphatic carboxylic acids is 1. The maximum Gasteiger partial charge on any atom is 0.452 e. The summed E-state index contributed by atoms with van der Waals surface area (Å²) in [6.45, 7) is 0. The molecular weight excluding hydrogens is 297 g/mol. The van der Waals surface area contributed by atoms with Gasteiger partial charge in [0.25, 0.3) is 11.0 Å². The summed E-state index contributed by atoms with van der Waals surface area (Å²) >= 11 is 0.489. The highest BCUT2D eigenvalue weighted by Crippen LogP contribution is 2.31. The van der Waals surface area contributed by atoms with E-state index in [0.29, 0.717) is 17.1 Å². The van der Waals surface area contributed by atoms with Crippen molar-refractivity contribution in [3.63, 3.8) is 0 Å². The average Bonchev–Trinajstić information content (AvgIpc) is 2.79. The molecule has 0 amide bonds. The zero-order valence-corrected chi connectivity index (χ0v) is 10.5. The van der Waals surface area contributed by atoms with Crippen molar-refractivity contribution in [3.05, 3.63) is 35.7 Å². The van der Waals surface area contributed by atoms with E-state index in [1.807, 2.05) is 0 Å². The van der Waals surface area contributed by atoms with E-state index in [4.69, 9.17) is 9.84 Å². The first kappa shape index (κ1) is 14.3. The van der Waals surface area contributed by atoms with Crippen molar-refractivity contribution in [1.29, 1.82) is 0 Å². The maximum absolute atomic E-state index is 12.3. The molecule has 0 aliphatic rings. The molecular formula is C11H7F3N2O3S. The van der Waals surface area contributed by atoms with Gasteiger partial charge >= 0.3 is 12.1 Å². The third kappa shape index (κ3) is 3.67. The van der Waals surface area contributed by atoms with Crippen LogP contribution in [0.2, 0.25) is 0 Å². The Labute approximate surface area is 114 Å². The quantitative estimate of drug-likeness (QED) is 0.940. The Morgan fingerprint density at radius 1 is 1.30 bits per heavy atom. The fourth-order valence-corrected chi connectivity index (χ4v) is 1.89. The van der Waals surface area contributed by atoms with Gasteiger partial charge in [-0.15, -0.1) is 0 Å². The molecule has 0 saturated carbocycles. The van der Waals surface area contributed by atoms with Crippen molar-refractivity contribution in [2.24, 2.45) is 0 Å². The van der Waals surface area contributed by atoms with Gasteiger partial charge in [-0.3, -0.25) is 4.79 Å². The molecule has 1 N–H and O–H groups in total. The molecule has 0 fully saturated rings. The number of alkyl halides is 3. The van der Waals surface area contributed by atoms with Gasteiger partial charge in [-0.2, -0.15) is 22.5 Å². The second-order valence-electron chi connectivity index (χ2n) is 3.70. The Morgan fingerprint density at radius 2 is 1.95 bits per heavy atom. The number of hydrogen-bond donors (Lipinski definition) is 1. The first-order valence-electron chi connectivity index (χ1n) is 5.24. The lowest BCUT2D eigenvalue weighted by atomic mass is 10.1. The van der Waals surface area contributed by atoms with Crippen LogP contribution in [-0.4, -0.2) is 20.4 Å². The highest BCUT2D eigenvalue weighted by atomic mass is 32.1. The predicted molar refractivity (Wildman–Crippen MR) is 62.8 cm³/mol. The zero-order chi connectivity index (χ0) is 14.8. The molecule has 1 heterocycles. The van der Waals surface area contributed by atoms with Crippen LogP contribution in [0.25, 0.3) is 0 Å². The molecule has 0 aliphatic heterocycles. The lowest BCUT2D eigenvalue weighted by molar-refractivity contribution is -0.144. The number of nitrogens with zero attached hydrogens (tertiary/aromatic N) is 2. The summed E-state index contributed by atoms with van der Waals surface area (Å²) in [6, 6.07) is 5.92. The smallest absolute Gasteiger partial charge is 0.452 e. The fraction of sp³-hybridized carbons (Fsp3) is 0.182. The summed E-state index contributed by atoms with van der Waals surface area (Å²) in [5, 5.41) is 8.36.